The van der Waals surface area contributed by atoms with Crippen molar-refractivity contribution in [2.24, 2.45) is 5.92 Å². The van der Waals surface area contributed by atoms with Crippen molar-refractivity contribution in [1.82, 2.24) is 4.98 Å². The van der Waals surface area contributed by atoms with E-state index in [2.05, 4.69) is 10.3 Å². The Morgan fingerprint density at radius 2 is 1.73 bits per heavy atom. The summed E-state index contributed by atoms with van der Waals surface area (Å²) in [7, 11) is 1.56. The Kier molecular flexibility index (Phi) is 8.15. The number of imide groups is 1. The molecule has 0 saturated carbocycles. The van der Waals surface area contributed by atoms with Crippen molar-refractivity contribution in [3.05, 3.63) is 92.7 Å². The van der Waals surface area contributed by atoms with Gasteiger partial charge in [0, 0.05) is 16.5 Å². The highest BCUT2D eigenvalue weighted by molar-refractivity contribution is 8.00. The molecule has 1 saturated heterocycles. The maximum Gasteiger partial charge on any atom is 0.305 e. The number of ether oxygens (including phenoxy) is 3. The van der Waals surface area contributed by atoms with Crippen molar-refractivity contribution in [2.75, 3.05) is 30.5 Å². The number of amides is 3. The van der Waals surface area contributed by atoms with E-state index in [-0.39, 0.29) is 23.1 Å². The molecule has 6 rings (SSSR count). The Labute approximate surface area is 259 Å². The van der Waals surface area contributed by atoms with Crippen LogP contribution in [-0.4, -0.2) is 48.3 Å². The van der Waals surface area contributed by atoms with Crippen molar-refractivity contribution in [3.8, 4) is 17.2 Å². The number of halogens is 1. The van der Waals surface area contributed by atoms with Crippen LogP contribution in [0.3, 0.4) is 0 Å². The molecule has 2 aliphatic rings. The number of thioether (sulfide) groups is 1. The van der Waals surface area contributed by atoms with Gasteiger partial charge in [0.05, 0.1) is 30.3 Å². The van der Waals surface area contributed by atoms with E-state index in [9.17, 15) is 23.6 Å². The lowest BCUT2D eigenvalue weighted by Gasteiger charge is -2.30. The zero-order valence-electron chi connectivity index (χ0n) is 23.5. The Morgan fingerprint density at radius 3 is 2.43 bits per heavy atom. The summed E-state index contributed by atoms with van der Waals surface area (Å²) in [5, 5.41) is 2.48. The van der Waals surface area contributed by atoms with Crippen LogP contribution < -0.4 is 29.3 Å². The maximum absolute atomic E-state index is 13.9. The van der Waals surface area contributed by atoms with Gasteiger partial charge in [-0.2, -0.15) is 0 Å². The number of thiazole rings is 1. The molecule has 4 aromatic rings. The van der Waals surface area contributed by atoms with E-state index in [4.69, 9.17) is 14.2 Å². The minimum absolute atomic E-state index is 0.277. The van der Waals surface area contributed by atoms with Crippen LogP contribution in [0, 0.1) is 11.7 Å². The second-order valence-corrected chi connectivity index (χ2v) is 12.1. The largest absolute Gasteiger partial charge is 0.497 e. The average molecular weight is 636 g/mol. The van der Waals surface area contributed by atoms with Crippen LogP contribution in [0.4, 0.5) is 15.8 Å². The molecule has 44 heavy (non-hydrogen) atoms. The van der Waals surface area contributed by atoms with Crippen LogP contribution in [0.25, 0.3) is 0 Å². The Hall–Kier alpha value is -4.62. The number of rotatable bonds is 9. The average Bonchev–Trinajstić information content (AvgIpc) is 3.51. The first kappa shape index (κ1) is 29.5. The molecule has 1 fully saturated rings. The topological polar surface area (TPSA) is 127 Å². The molecule has 2 N–H and O–H groups in total. The molecular formula is C31H26FN3O7S2. The lowest BCUT2D eigenvalue weighted by molar-refractivity contribution is -0.122. The van der Waals surface area contributed by atoms with Crippen LogP contribution in [0.1, 0.15) is 23.3 Å². The molecule has 3 amide bonds. The fraction of sp³-hybridized carbons (Fsp3) is 0.226. The van der Waals surface area contributed by atoms with Crippen LogP contribution in [-0.2, 0) is 14.4 Å². The van der Waals surface area contributed by atoms with Gasteiger partial charge in [0.2, 0.25) is 11.8 Å². The molecule has 0 spiro atoms. The number of methoxy groups -OCH3 is 1. The van der Waals surface area contributed by atoms with Crippen molar-refractivity contribution in [1.29, 1.82) is 0 Å². The van der Waals surface area contributed by atoms with Gasteiger partial charge < -0.3 is 24.5 Å². The monoisotopic (exact) mass is 635 g/mol. The van der Waals surface area contributed by atoms with Gasteiger partial charge in [0.15, 0.2) is 18.1 Å². The first-order valence-electron chi connectivity index (χ1n) is 13.6. The highest BCUT2D eigenvalue weighted by Gasteiger charge is 2.56. The highest BCUT2D eigenvalue weighted by Crippen LogP contribution is 2.53. The van der Waals surface area contributed by atoms with E-state index >= 15 is 0 Å². The summed E-state index contributed by atoms with van der Waals surface area (Å²) in [6.45, 7) is 1.80. The molecule has 2 aliphatic heterocycles. The molecule has 0 bridgehead atoms. The number of aromatic amines is 1. The van der Waals surface area contributed by atoms with Gasteiger partial charge in [-0.3, -0.25) is 19.2 Å². The molecule has 13 heteroatoms. The fourth-order valence-electron chi connectivity index (χ4n) is 5.34. The summed E-state index contributed by atoms with van der Waals surface area (Å²) in [6, 6.07) is 17.1. The van der Waals surface area contributed by atoms with Gasteiger partial charge in [-0.15, -0.1) is 0 Å². The third-order valence-corrected chi connectivity index (χ3v) is 9.67. The predicted molar refractivity (Wildman–Crippen MR) is 164 cm³/mol. The maximum atomic E-state index is 13.9. The molecule has 3 aromatic carbocycles. The molecule has 0 unspecified atom stereocenters. The summed E-state index contributed by atoms with van der Waals surface area (Å²) in [4.78, 5) is 56.7. The number of hydrogen-bond acceptors (Lipinski definition) is 9. The van der Waals surface area contributed by atoms with Crippen molar-refractivity contribution >= 4 is 52.2 Å². The smallest absolute Gasteiger partial charge is 0.305 e. The van der Waals surface area contributed by atoms with Gasteiger partial charge in [-0.1, -0.05) is 29.2 Å². The standard InChI is InChI=1S/C31H26FN3O7S2/c1-3-41-22-14-16(4-13-21(22)42-15-23(36)33-18-7-11-20(40-2)12-8-18)24-25-27(43-28-26(24)44-31(39)34-28)30(38)35(29(25)37)19-9-5-17(32)6-10-19/h4-14,24-25,27H,3,15H2,1-2H3,(H,33,36)(H,34,39)/t24-,25-,27+/m0/s1. The molecule has 226 valence electrons. The SMILES string of the molecule is CCOc1cc([C@@H]2c3sc(=O)[nH]c3S[C@H]3C(=O)N(c4ccc(F)cc4)C(=O)[C@@H]23)ccc1OCC(=O)Nc1ccc(OC)cc1. The Balaban J connectivity index is 1.29. The number of benzene rings is 3. The van der Waals surface area contributed by atoms with Gasteiger partial charge in [0.25, 0.3) is 5.91 Å². The number of H-pyrrole nitrogens is 1. The van der Waals surface area contributed by atoms with Gasteiger partial charge in [-0.05, 0) is 73.2 Å². The van der Waals surface area contributed by atoms with Crippen molar-refractivity contribution in [2.45, 2.75) is 23.1 Å². The number of aromatic nitrogens is 1. The van der Waals surface area contributed by atoms with E-state index in [1.165, 1.54) is 24.3 Å². The number of anilines is 2. The number of carbonyl (C=O) groups excluding carboxylic acids is 3. The third kappa shape index (κ3) is 5.55. The van der Waals surface area contributed by atoms with E-state index in [0.717, 1.165) is 28.0 Å². The first-order valence-corrected chi connectivity index (χ1v) is 15.3. The summed E-state index contributed by atoms with van der Waals surface area (Å²) < 4.78 is 30.4. The summed E-state index contributed by atoms with van der Waals surface area (Å²) >= 11 is 2.14. The van der Waals surface area contributed by atoms with Crippen LogP contribution in [0.15, 0.2) is 76.6 Å². The number of nitrogens with one attached hydrogen (secondary N) is 2. The van der Waals surface area contributed by atoms with Crippen molar-refractivity contribution in [3.63, 3.8) is 0 Å². The molecule has 3 heterocycles. The van der Waals surface area contributed by atoms with Crippen LogP contribution >= 0.6 is 23.1 Å². The second kappa shape index (κ2) is 12.2. The van der Waals surface area contributed by atoms with Crippen molar-refractivity contribution < 1.29 is 33.0 Å². The van der Waals surface area contributed by atoms with Crippen LogP contribution in [0.5, 0.6) is 17.2 Å². The third-order valence-electron chi connectivity index (χ3n) is 7.27. The first-order chi connectivity index (χ1) is 21.3. The summed E-state index contributed by atoms with van der Waals surface area (Å²) in [5.41, 5.74) is 1.49. The molecule has 0 radical (unpaired) electrons. The Bertz CT molecular complexity index is 1790. The number of hydrogen-bond donors (Lipinski definition) is 2. The summed E-state index contributed by atoms with van der Waals surface area (Å²) in [6.07, 6.45) is 0. The zero-order valence-corrected chi connectivity index (χ0v) is 25.1. The molecule has 0 aliphatic carbocycles. The second-order valence-electron chi connectivity index (χ2n) is 9.94. The van der Waals surface area contributed by atoms with E-state index in [0.29, 0.717) is 45.0 Å². The van der Waals surface area contributed by atoms with E-state index < -0.39 is 34.7 Å². The normalized spacial score (nSPS) is 18.9. The molecule has 1 aromatic heterocycles. The number of nitrogens with zero attached hydrogens (tertiary/aromatic N) is 1. The lowest BCUT2D eigenvalue weighted by atomic mass is 9.83. The van der Waals surface area contributed by atoms with Gasteiger partial charge in [0.1, 0.15) is 16.8 Å². The molecule has 3 atom stereocenters. The Morgan fingerprint density at radius 1 is 0.977 bits per heavy atom. The quantitative estimate of drug-likeness (QED) is 0.251. The number of fused-ring (bicyclic) bond motifs is 2. The minimum Gasteiger partial charge on any atom is -0.497 e. The van der Waals surface area contributed by atoms with E-state index in [1.54, 1.807) is 56.5 Å². The zero-order chi connectivity index (χ0) is 31.0. The van der Waals surface area contributed by atoms with E-state index in [1.807, 2.05) is 0 Å². The fourth-order valence-corrected chi connectivity index (χ4v) is 7.86. The lowest BCUT2D eigenvalue weighted by Crippen LogP contribution is -2.32. The minimum atomic E-state index is -0.826. The molecular weight excluding hydrogens is 609 g/mol. The number of carbonyl (C=O) groups is 3. The summed E-state index contributed by atoms with van der Waals surface area (Å²) in [5.74, 6) is -1.90. The predicted octanol–water partition coefficient (Wildman–Crippen LogP) is 4.80. The van der Waals surface area contributed by atoms with Crippen LogP contribution in [0.2, 0.25) is 0 Å². The highest BCUT2D eigenvalue weighted by atomic mass is 32.2. The molecule has 10 nitrogen and oxygen atoms in total. The van der Waals surface area contributed by atoms with Gasteiger partial charge >= 0.3 is 4.87 Å². The van der Waals surface area contributed by atoms with Gasteiger partial charge in [-0.25, -0.2) is 9.29 Å².